The summed E-state index contributed by atoms with van der Waals surface area (Å²) in [4.78, 5) is 1.23. The minimum absolute atomic E-state index is 0.00427. The van der Waals surface area contributed by atoms with Gasteiger partial charge in [-0.05, 0) is 25.1 Å². The zero-order valence-corrected chi connectivity index (χ0v) is 9.98. The van der Waals surface area contributed by atoms with Crippen LogP contribution in [-0.2, 0) is 0 Å². The van der Waals surface area contributed by atoms with Crippen LogP contribution in [-0.4, -0.2) is 36.3 Å². The number of anilines is 1. The lowest BCUT2D eigenvalue weighted by atomic mass is 10.1. The summed E-state index contributed by atoms with van der Waals surface area (Å²) in [6.45, 7) is 0.544. The molecule has 0 saturated heterocycles. The molecular weight excluding hydrogens is 247 g/mol. The molecule has 1 aromatic rings. The summed E-state index contributed by atoms with van der Waals surface area (Å²) in [6, 6.07) is 3.57. The molecule has 0 fully saturated rings. The van der Waals surface area contributed by atoms with E-state index in [4.69, 9.17) is 5.11 Å². The van der Waals surface area contributed by atoms with Gasteiger partial charge in [0.2, 0.25) is 0 Å². The van der Waals surface area contributed by atoms with Gasteiger partial charge in [-0.3, -0.25) is 0 Å². The van der Waals surface area contributed by atoms with Crippen LogP contribution in [0.25, 0.3) is 0 Å². The maximum atomic E-state index is 13.1. The van der Waals surface area contributed by atoms with E-state index in [0.717, 1.165) is 12.1 Å². The predicted molar refractivity (Wildman–Crippen MR) is 62.3 cm³/mol. The van der Waals surface area contributed by atoms with Gasteiger partial charge < -0.3 is 15.1 Å². The van der Waals surface area contributed by atoms with Gasteiger partial charge in [-0.15, -0.1) is 0 Å². The van der Waals surface area contributed by atoms with E-state index in [2.05, 4.69) is 0 Å². The summed E-state index contributed by atoms with van der Waals surface area (Å²) in [5, 5.41) is 18.4. The topological polar surface area (TPSA) is 43.7 Å². The second kappa shape index (κ2) is 6.61. The molecule has 0 amide bonds. The molecule has 0 unspecified atom stereocenters. The highest BCUT2D eigenvalue weighted by Crippen LogP contribution is 2.27. The van der Waals surface area contributed by atoms with Gasteiger partial charge in [-0.2, -0.15) is 0 Å². The van der Waals surface area contributed by atoms with Crippen molar-refractivity contribution >= 4 is 5.69 Å². The van der Waals surface area contributed by atoms with E-state index in [1.165, 1.54) is 17.9 Å². The van der Waals surface area contributed by atoms with E-state index >= 15 is 0 Å². The van der Waals surface area contributed by atoms with Crippen LogP contribution in [0.1, 0.15) is 18.6 Å². The Labute approximate surface area is 103 Å². The average molecular weight is 263 g/mol. The molecule has 0 aliphatic carbocycles. The Balaban J connectivity index is 3.09. The molecular formula is C12H16F3NO2. The molecule has 102 valence electrons. The van der Waals surface area contributed by atoms with Crippen molar-refractivity contribution in [3.8, 4) is 0 Å². The second-order valence-corrected chi connectivity index (χ2v) is 3.94. The fraction of sp³-hybridized carbons (Fsp3) is 0.500. The number of hydrogen-bond acceptors (Lipinski definition) is 3. The zero-order chi connectivity index (χ0) is 13.7. The number of alkyl halides is 2. The highest BCUT2D eigenvalue weighted by molar-refractivity contribution is 5.54. The maximum absolute atomic E-state index is 13.1. The Bertz CT molecular complexity index is 386. The molecule has 0 aliphatic heterocycles. The van der Waals surface area contributed by atoms with Crippen molar-refractivity contribution in [1.29, 1.82) is 0 Å². The molecule has 1 rings (SSSR count). The number of nitrogens with zero attached hydrogens (tertiary/aromatic N) is 1. The van der Waals surface area contributed by atoms with Gasteiger partial charge in [0, 0.05) is 17.8 Å². The summed E-state index contributed by atoms with van der Waals surface area (Å²) in [7, 11) is 0. The number of aliphatic hydroxyl groups excluding tert-OH is 2. The molecule has 18 heavy (non-hydrogen) atoms. The molecule has 1 aromatic carbocycles. The van der Waals surface area contributed by atoms with E-state index in [-0.39, 0.29) is 18.7 Å². The molecule has 0 aliphatic rings. The van der Waals surface area contributed by atoms with Crippen molar-refractivity contribution in [3.05, 3.63) is 29.6 Å². The van der Waals surface area contributed by atoms with Crippen LogP contribution in [0.3, 0.4) is 0 Å². The van der Waals surface area contributed by atoms with Crippen molar-refractivity contribution in [2.24, 2.45) is 0 Å². The van der Waals surface area contributed by atoms with E-state index in [1.54, 1.807) is 0 Å². The first kappa shape index (κ1) is 14.8. The fourth-order valence-corrected chi connectivity index (χ4v) is 1.75. The molecule has 0 spiro atoms. The van der Waals surface area contributed by atoms with Gasteiger partial charge in [-0.25, -0.2) is 13.2 Å². The third-order valence-electron chi connectivity index (χ3n) is 2.51. The lowest BCUT2D eigenvalue weighted by Gasteiger charge is -2.27. The zero-order valence-electron chi connectivity index (χ0n) is 9.98. The summed E-state index contributed by atoms with van der Waals surface area (Å²) >= 11 is 0. The molecule has 0 radical (unpaired) electrons. The molecule has 3 nitrogen and oxygen atoms in total. The quantitative estimate of drug-likeness (QED) is 0.824. The average Bonchev–Trinajstić information content (AvgIpc) is 2.27. The maximum Gasteiger partial charge on any atom is 0.255 e. The van der Waals surface area contributed by atoms with Gasteiger partial charge in [-0.1, -0.05) is 0 Å². The van der Waals surface area contributed by atoms with E-state index < -0.39 is 24.9 Å². The van der Waals surface area contributed by atoms with E-state index in [1.807, 2.05) is 0 Å². The van der Waals surface area contributed by atoms with E-state index in [9.17, 15) is 18.3 Å². The lowest BCUT2D eigenvalue weighted by molar-refractivity contribution is 0.152. The summed E-state index contributed by atoms with van der Waals surface area (Å²) in [5.41, 5.74) is 0.532. The molecule has 0 saturated carbocycles. The monoisotopic (exact) mass is 263 g/mol. The van der Waals surface area contributed by atoms with Crippen LogP contribution in [0.2, 0.25) is 0 Å². The minimum atomic E-state index is -2.58. The smallest absolute Gasteiger partial charge is 0.255 e. The van der Waals surface area contributed by atoms with Crippen molar-refractivity contribution in [2.45, 2.75) is 19.5 Å². The number of hydrogen-bond donors (Lipinski definition) is 2. The summed E-state index contributed by atoms with van der Waals surface area (Å²) in [5.74, 6) is -0.546. The normalized spacial score (nSPS) is 12.8. The van der Waals surface area contributed by atoms with Crippen LogP contribution in [0.15, 0.2) is 18.2 Å². The lowest BCUT2D eigenvalue weighted by Crippen LogP contribution is -2.32. The van der Waals surface area contributed by atoms with Crippen LogP contribution < -0.4 is 4.90 Å². The first-order chi connectivity index (χ1) is 8.45. The Morgan fingerprint density at radius 1 is 1.33 bits per heavy atom. The Morgan fingerprint density at radius 2 is 2.00 bits per heavy atom. The number of rotatable bonds is 6. The third kappa shape index (κ3) is 3.89. The van der Waals surface area contributed by atoms with Crippen LogP contribution in [0.5, 0.6) is 0 Å². The van der Waals surface area contributed by atoms with Gasteiger partial charge in [0.15, 0.2) is 0 Å². The molecule has 0 aromatic heterocycles. The third-order valence-corrected chi connectivity index (χ3v) is 2.51. The highest BCUT2D eigenvalue weighted by Gasteiger charge is 2.18. The molecule has 6 heteroatoms. The fourth-order valence-electron chi connectivity index (χ4n) is 1.75. The summed E-state index contributed by atoms with van der Waals surface area (Å²) in [6.07, 6.45) is -3.56. The second-order valence-electron chi connectivity index (χ2n) is 3.94. The minimum Gasteiger partial charge on any atom is -0.395 e. The van der Waals surface area contributed by atoms with Crippen molar-refractivity contribution < 1.29 is 23.4 Å². The molecule has 2 N–H and O–H groups in total. The highest BCUT2D eigenvalue weighted by atomic mass is 19.3. The van der Waals surface area contributed by atoms with E-state index in [0.29, 0.717) is 5.69 Å². The number of aliphatic hydroxyl groups is 2. The van der Waals surface area contributed by atoms with Crippen molar-refractivity contribution in [1.82, 2.24) is 0 Å². The van der Waals surface area contributed by atoms with Gasteiger partial charge in [0.1, 0.15) is 5.82 Å². The Morgan fingerprint density at radius 3 is 2.50 bits per heavy atom. The Kier molecular flexibility index (Phi) is 5.43. The molecule has 0 heterocycles. The Hall–Kier alpha value is -1.27. The first-order valence-electron chi connectivity index (χ1n) is 5.57. The van der Waals surface area contributed by atoms with Crippen LogP contribution in [0, 0.1) is 5.82 Å². The molecule has 0 bridgehead atoms. The first-order valence-corrected chi connectivity index (χ1v) is 5.57. The predicted octanol–water partition coefficient (Wildman–Crippen LogP) is 1.94. The number of halogens is 3. The SMILES string of the molecule is C[C@H](O)c1cc(F)ccc1N(CCO)CC(F)F. The largest absolute Gasteiger partial charge is 0.395 e. The van der Waals surface area contributed by atoms with Crippen LogP contribution >= 0.6 is 0 Å². The van der Waals surface area contributed by atoms with Gasteiger partial charge in [0.05, 0.1) is 19.3 Å². The summed E-state index contributed by atoms with van der Waals surface area (Å²) < 4.78 is 38.0. The number of benzene rings is 1. The molecule has 1 atom stereocenters. The van der Waals surface area contributed by atoms with Crippen LogP contribution in [0.4, 0.5) is 18.9 Å². The van der Waals surface area contributed by atoms with Crippen molar-refractivity contribution in [3.63, 3.8) is 0 Å². The van der Waals surface area contributed by atoms with Gasteiger partial charge >= 0.3 is 0 Å². The standard InChI is InChI=1S/C12H16F3NO2/c1-8(18)10-6-9(13)2-3-11(10)16(4-5-17)7-12(14)15/h2-3,6,8,12,17-18H,4-5,7H2,1H3/t8-/m0/s1. The van der Waals surface area contributed by atoms with Gasteiger partial charge in [0.25, 0.3) is 6.43 Å². The van der Waals surface area contributed by atoms with Crippen molar-refractivity contribution in [2.75, 3.05) is 24.6 Å².